The molecule has 0 spiro atoms. The van der Waals surface area contributed by atoms with Crippen LogP contribution in [0.3, 0.4) is 0 Å². The summed E-state index contributed by atoms with van der Waals surface area (Å²) in [6.45, 7) is 7.26. The normalized spacial score (nSPS) is 20.6. The summed E-state index contributed by atoms with van der Waals surface area (Å²) in [7, 11) is 0. The highest BCUT2D eigenvalue weighted by molar-refractivity contribution is 7.22. The van der Waals surface area contributed by atoms with Crippen molar-refractivity contribution in [3.8, 4) is 5.75 Å². The fraction of sp³-hybridized carbons (Fsp3) is 0.632. The predicted molar refractivity (Wildman–Crippen MR) is 101 cm³/mol. The molecule has 0 bridgehead atoms. The zero-order valence-corrected chi connectivity index (χ0v) is 15.4. The number of para-hydroxylation sites is 1. The molecule has 1 aromatic heterocycles. The topological polar surface area (TPSA) is 28.6 Å². The van der Waals surface area contributed by atoms with Crippen molar-refractivity contribution in [1.29, 1.82) is 0 Å². The Labute approximate surface area is 148 Å². The fourth-order valence-corrected chi connectivity index (χ4v) is 5.08. The van der Waals surface area contributed by atoms with Gasteiger partial charge in [0.25, 0.3) is 0 Å². The molecular weight excluding hydrogens is 318 g/mol. The maximum Gasteiger partial charge on any atom is 0.186 e. The van der Waals surface area contributed by atoms with Gasteiger partial charge in [0.2, 0.25) is 0 Å². The van der Waals surface area contributed by atoms with Crippen molar-refractivity contribution in [1.82, 2.24) is 9.88 Å². The van der Waals surface area contributed by atoms with Gasteiger partial charge in [0.1, 0.15) is 11.3 Å². The van der Waals surface area contributed by atoms with Crippen LogP contribution in [0.4, 0.5) is 5.13 Å². The van der Waals surface area contributed by atoms with Crippen LogP contribution < -0.4 is 9.64 Å². The molecule has 4 rings (SSSR count). The monoisotopic (exact) mass is 345 g/mol. The second-order valence-electron chi connectivity index (χ2n) is 6.85. The molecule has 1 aromatic carbocycles. The van der Waals surface area contributed by atoms with Crippen molar-refractivity contribution in [2.75, 3.05) is 37.7 Å². The van der Waals surface area contributed by atoms with E-state index in [9.17, 15) is 0 Å². The van der Waals surface area contributed by atoms with Crippen molar-refractivity contribution in [3.63, 3.8) is 0 Å². The third kappa shape index (κ3) is 3.24. The second-order valence-corrected chi connectivity index (χ2v) is 7.86. The molecule has 4 nitrogen and oxygen atoms in total. The molecule has 1 aliphatic heterocycles. The van der Waals surface area contributed by atoms with Crippen LogP contribution in [-0.2, 0) is 0 Å². The van der Waals surface area contributed by atoms with Crippen LogP contribution >= 0.6 is 11.3 Å². The van der Waals surface area contributed by atoms with Crippen LogP contribution in [0.15, 0.2) is 18.2 Å². The third-order valence-electron chi connectivity index (χ3n) is 5.35. The number of hydrogen-bond donors (Lipinski definition) is 0. The van der Waals surface area contributed by atoms with E-state index in [-0.39, 0.29) is 0 Å². The van der Waals surface area contributed by atoms with Gasteiger partial charge in [-0.2, -0.15) is 0 Å². The highest BCUT2D eigenvalue weighted by atomic mass is 32.1. The Bertz CT molecular complexity index is 672. The molecule has 130 valence electrons. The third-order valence-corrected chi connectivity index (χ3v) is 6.43. The van der Waals surface area contributed by atoms with Gasteiger partial charge in [-0.3, -0.25) is 4.90 Å². The van der Waals surface area contributed by atoms with E-state index in [1.165, 1.54) is 49.9 Å². The van der Waals surface area contributed by atoms with Gasteiger partial charge < -0.3 is 9.64 Å². The minimum atomic E-state index is 0.687. The number of anilines is 1. The van der Waals surface area contributed by atoms with Crippen LogP contribution in [0.1, 0.15) is 39.0 Å². The van der Waals surface area contributed by atoms with Crippen LogP contribution in [0.5, 0.6) is 5.75 Å². The Morgan fingerprint density at radius 3 is 2.67 bits per heavy atom. The molecule has 2 fully saturated rings. The minimum Gasteiger partial charge on any atom is -0.492 e. The van der Waals surface area contributed by atoms with Crippen molar-refractivity contribution in [2.45, 2.75) is 45.1 Å². The molecule has 0 atom stereocenters. The smallest absolute Gasteiger partial charge is 0.186 e. The van der Waals surface area contributed by atoms with Gasteiger partial charge >= 0.3 is 0 Å². The van der Waals surface area contributed by atoms with Gasteiger partial charge in [0.15, 0.2) is 5.13 Å². The first-order valence-electron chi connectivity index (χ1n) is 9.36. The summed E-state index contributed by atoms with van der Waals surface area (Å²) in [6, 6.07) is 7.07. The maximum absolute atomic E-state index is 5.73. The molecule has 24 heavy (non-hydrogen) atoms. The molecule has 0 radical (unpaired) electrons. The summed E-state index contributed by atoms with van der Waals surface area (Å²) in [4.78, 5) is 10.1. The average Bonchev–Trinajstić information content (AvgIpc) is 3.08. The highest BCUT2D eigenvalue weighted by Gasteiger charge is 2.26. The number of nitrogens with zero attached hydrogens (tertiary/aromatic N) is 3. The largest absolute Gasteiger partial charge is 0.492 e. The Kier molecular flexibility index (Phi) is 4.90. The summed E-state index contributed by atoms with van der Waals surface area (Å²) in [6.07, 6.45) is 7.08. The van der Waals surface area contributed by atoms with Crippen molar-refractivity contribution in [2.24, 2.45) is 0 Å². The van der Waals surface area contributed by atoms with E-state index >= 15 is 0 Å². The molecule has 1 aliphatic carbocycles. The van der Waals surface area contributed by atoms with Crippen molar-refractivity contribution >= 4 is 26.7 Å². The Hall–Kier alpha value is -1.33. The first kappa shape index (κ1) is 16.2. The number of piperazine rings is 1. The van der Waals surface area contributed by atoms with E-state index in [0.29, 0.717) is 6.61 Å². The molecule has 0 amide bonds. The van der Waals surface area contributed by atoms with Gasteiger partial charge in [0.05, 0.1) is 11.3 Å². The molecule has 2 aliphatic rings. The zero-order chi connectivity index (χ0) is 16.4. The Morgan fingerprint density at radius 2 is 1.92 bits per heavy atom. The van der Waals surface area contributed by atoms with Gasteiger partial charge in [-0.05, 0) is 31.9 Å². The van der Waals surface area contributed by atoms with E-state index in [1.54, 1.807) is 11.3 Å². The molecule has 1 saturated heterocycles. The number of ether oxygens (including phenoxy) is 1. The molecule has 0 unspecified atom stereocenters. The number of aromatic nitrogens is 1. The summed E-state index contributed by atoms with van der Waals surface area (Å²) < 4.78 is 6.96. The van der Waals surface area contributed by atoms with E-state index in [4.69, 9.17) is 9.72 Å². The SMILES string of the molecule is CCOc1cccc2sc(N3CCN(C4CCCCC4)CC3)nc12. The Morgan fingerprint density at radius 1 is 1.12 bits per heavy atom. The predicted octanol–water partition coefficient (Wildman–Crippen LogP) is 4.15. The molecule has 2 heterocycles. The lowest BCUT2D eigenvalue weighted by molar-refractivity contribution is 0.148. The zero-order valence-electron chi connectivity index (χ0n) is 14.5. The van der Waals surface area contributed by atoms with E-state index in [2.05, 4.69) is 21.9 Å². The van der Waals surface area contributed by atoms with Crippen molar-refractivity contribution in [3.05, 3.63) is 18.2 Å². The lowest BCUT2D eigenvalue weighted by Gasteiger charge is -2.40. The van der Waals surface area contributed by atoms with E-state index in [0.717, 1.165) is 35.5 Å². The number of benzene rings is 1. The minimum absolute atomic E-state index is 0.687. The number of fused-ring (bicyclic) bond motifs is 1. The lowest BCUT2D eigenvalue weighted by Crippen LogP contribution is -2.50. The molecule has 5 heteroatoms. The first-order chi connectivity index (χ1) is 11.8. The molecular formula is C19H27N3OS. The average molecular weight is 346 g/mol. The lowest BCUT2D eigenvalue weighted by atomic mass is 9.94. The maximum atomic E-state index is 5.73. The van der Waals surface area contributed by atoms with Crippen LogP contribution in [-0.4, -0.2) is 48.7 Å². The van der Waals surface area contributed by atoms with Gasteiger partial charge in [-0.15, -0.1) is 0 Å². The standard InChI is InChI=1S/C19H27N3OS/c1-2-23-16-9-6-10-17-18(16)20-19(24-17)22-13-11-21(12-14-22)15-7-4-3-5-8-15/h6,9-10,15H,2-5,7-8,11-14H2,1H3. The van der Waals surface area contributed by atoms with Crippen molar-refractivity contribution < 1.29 is 4.74 Å². The number of hydrogen-bond acceptors (Lipinski definition) is 5. The summed E-state index contributed by atoms with van der Waals surface area (Å²) in [5.41, 5.74) is 1.02. The fourth-order valence-electron chi connectivity index (χ4n) is 4.04. The van der Waals surface area contributed by atoms with E-state index in [1.807, 2.05) is 13.0 Å². The second kappa shape index (κ2) is 7.28. The summed E-state index contributed by atoms with van der Waals surface area (Å²) in [5.74, 6) is 0.915. The van der Waals surface area contributed by atoms with Crippen LogP contribution in [0.25, 0.3) is 10.2 Å². The van der Waals surface area contributed by atoms with Gasteiger partial charge in [0, 0.05) is 32.2 Å². The first-order valence-corrected chi connectivity index (χ1v) is 10.2. The van der Waals surface area contributed by atoms with E-state index < -0.39 is 0 Å². The number of rotatable bonds is 4. The number of thiazole rings is 1. The highest BCUT2D eigenvalue weighted by Crippen LogP contribution is 2.35. The molecule has 2 aromatic rings. The van der Waals surface area contributed by atoms with Gasteiger partial charge in [-0.1, -0.05) is 36.7 Å². The molecule has 1 saturated carbocycles. The quantitative estimate of drug-likeness (QED) is 0.832. The summed E-state index contributed by atoms with van der Waals surface area (Å²) >= 11 is 1.80. The Balaban J connectivity index is 1.45. The van der Waals surface area contributed by atoms with Gasteiger partial charge in [-0.25, -0.2) is 4.98 Å². The van der Waals surface area contributed by atoms with Crippen LogP contribution in [0.2, 0.25) is 0 Å². The van der Waals surface area contributed by atoms with Crippen LogP contribution in [0, 0.1) is 0 Å². The molecule has 0 N–H and O–H groups in total. The summed E-state index contributed by atoms with van der Waals surface area (Å²) in [5, 5.41) is 1.15.